The molecule has 1 N–H and O–H groups in total. The van der Waals surface area contributed by atoms with Crippen molar-refractivity contribution < 1.29 is 0 Å². The lowest BCUT2D eigenvalue weighted by Crippen LogP contribution is -2.44. The van der Waals surface area contributed by atoms with E-state index in [-0.39, 0.29) is 0 Å². The third kappa shape index (κ3) is 3.05. The first-order chi connectivity index (χ1) is 9.81. The average Bonchev–Trinajstić information content (AvgIpc) is 2.50. The maximum atomic E-state index is 4.16. The zero-order valence-electron chi connectivity index (χ0n) is 11.7. The van der Waals surface area contributed by atoms with Gasteiger partial charge >= 0.3 is 0 Å². The number of hydrogen-bond acceptors (Lipinski definition) is 5. The molecule has 0 aliphatic carbocycles. The van der Waals surface area contributed by atoms with Crippen molar-refractivity contribution in [2.24, 2.45) is 0 Å². The molecule has 1 aliphatic heterocycles. The van der Waals surface area contributed by atoms with Crippen LogP contribution in [0.2, 0.25) is 0 Å². The maximum Gasteiger partial charge on any atom is 0.133 e. The molecule has 0 amide bonds. The third-order valence-corrected chi connectivity index (χ3v) is 3.59. The number of hydrogen-bond donors (Lipinski definition) is 1. The van der Waals surface area contributed by atoms with Crippen LogP contribution >= 0.6 is 0 Å². The predicted molar refractivity (Wildman–Crippen MR) is 81.5 cm³/mol. The molecular formula is C15H19N5. The summed E-state index contributed by atoms with van der Waals surface area (Å²) in [5, 5.41) is 3.26. The van der Waals surface area contributed by atoms with Gasteiger partial charge in [-0.05, 0) is 37.4 Å². The van der Waals surface area contributed by atoms with Crippen LogP contribution in [0.1, 0.15) is 0 Å². The summed E-state index contributed by atoms with van der Waals surface area (Å²) in [5.74, 6) is 0.812. The lowest BCUT2D eigenvalue weighted by molar-refractivity contribution is 0.313. The lowest BCUT2D eigenvalue weighted by Gasteiger charge is -2.34. The summed E-state index contributed by atoms with van der Waals surface area (Å²) >= 11 is 0. The van der Waals surface area contributed by atoms with E-state index in [1.165, 1.54) is 5.69 Å². The minimum absolute atomic E-state index is 0.812. The topological polar surface area (TPSA) is 44.3 Å². The van der Waals surface area contributed by atoms with Crippen LogP contribution in [0.5, 0.6) is 0 Å². The Labute approximate surface area is 119 Å². The van der Waals surface area contributed by atoms with Gasteiger partial charge < -0.3 is 15.1 Å². The zero-order chi connectivity index (χ0) is 13.8. The van der Waals surface area contributed by atoms with Gasteiger partial charge in [0.2, 0.25) is 0 Å². The Morgan fingerprint density at radius 3 is 2.40 bits per heavy atom. The fourth-order valence-corrected chi connectivity index (χ4v) is 2.33. The summed E-state index contributed by atoms with van der Waals surface area (Å²) in [6.07, 6.45) is 3.27. The van der Waals surface area contributed by atoms with Crippen LogP contribution in [0.25, 0.3) is 0 Å². The smallest absolute Gasteiger partial charge is 0.133 e. The van der Waals surface area contributed by atoms with Crippen LogP contribution in [0.3, 0.4) is 0 Å². The number of nitrogens with zero attached hydrogens (tertiary/aromatic N) is 4. The van der Waals surface area contributed by atoms with Gasteiger partial charge in [0.25, 0.3) is 0 Å². The molecule has 0 saturated carbocycles. The van der Waals surface area contributed by atoms with Gasteiger partial charge in [0.1, 0.15) is 12.1 Å². The van der Waals surface area contributed by atoms with Crippen molar-refractivity contribution in [2.45, 2.75) is 0 Å². The molecule has 3 rings (SSSR count). The van der Waals surface area contributed by atoms with Gasteiger partial charge in [-0.1, -0.05) is 0 Å². The highest BCUT2D eigenvalue weighted by Crippen LogP contribution is 2.21. The van der Waals surface area contributed by atoms with E-state index in [0.29, 0.717) is 0 Å². The summed E-state index contributed by atoms with van der Waals surface area (Å²) in [6.45, 7) is 4.44. The number of likely N-dealkylation sites (N-methyl/N-ethyl adjacent to an activating group) is 1. The number of nitrogens with one attached hydrogen (secondary N) is 1. The van der Waals surface area contributed by atoms with Crippen molar-refractivity contribution in [3.63, 3.8) is 0 Å². The first kappa shape index (κ1) is 12.9. The number of anilines is 3. The number of aromatic nitrogens is 2. The molecule has 1 fully saturated rings. The molecule has 104 valence electrons. The van der Waals surface area contributed by atoms with E-state index in [9.17, 15) is 0 Å². The first-order valence-electron chi connectivity index (χ1n) is 6.88. The van der Waals surface area contributed by atoms with Crippen LogP contribution in [-0.4, -0.2) is 48.1 Å². The Balaban J connectivity index is 1.65. The normalized spacial score (nSPS) is 16.1. The van der Waals surface area contributed by atoms with E-state index in [0.717, 1.165) is 37.7 Å². The van der Waals surface area contributed by atoms with E-state index in [2.05, 4.69) is 56.4 Å². The standard InChI is InChI=1S/C15H19N5/c1-19-8-10-20(11-9-19)14-4-2-13(3-5-14)18-15-6-7-16-12-17-15/h2-7,12H,8-11H2,1H3,(H,16,17,18). The number of rotatable bonds is 3. The summed E-state index contributed by atoms with van der Waals surface area (Å²) in [4.78, 5) is 12.9. The fourth-order valence-electron chi connectivity index (χ4n) is 2.33. The molecule has 1 aromatic heterocycles. The van der Waals surface area contributed by atoms with E-state index in [4.69, 9.17) is 0 Å². The largest absolute Gasteiger partial charge is 0.369 e. The monoisotopic (exact) mass is 269 g/mol. The highest BCUT2D eigenvalue weighted by atomic mass is 15.2. The molecule has 1 aliphatic rings. The second kappa shape index (κ2) is 5.88. The van der Waals surface area contributed by atoms with E-state index < -0.39 is 0 Å². The average molecular weight is 269 g/mol. The van der Waals surface area contributed by atoms with Crippen molar-refractivity contribution in [1.82, 2.24) is 14.9 Å². The van der Waals surface area contributed by atoms with Crippen LogP contribution < -0.4 is 10.2 Å². The van der Waals surface area contributed by atoms with E-state index >= 15 is 0 Å². The van der Waals surface area contributed by atoms with Crippen molar-refractivity contribution >= 4 is 17.2 Å². The van der Waals surface area contributed by atoms with Gasteiger partial charge in [0.05, 0.1) is 0 Å². The molecular weight excluding hydrogens is 250 g/mol. The maximum absolute atomic E-state index is 4.16. The SMILES string of the molecule is CN1CCN(c2ccc(Nc3ccncn3)cc2)CC1. The second-order valence-electron chi connectivity index (χ2n) is 5.06. The van der Waals surface area contributed by atoms with Gasteiger partial charge in [0.15, 0.2) is 0 Å². The molecule has 0 unspecified atom stereocenters. The van der Waals surface area contributed by atoms with E-state index in [1.807, 2.05) is 6.07 Å². The number of piperazine rings is 1. The second-order valence-corrected chi connectivity index (χ2v) is 5.06. The molecule has 2 aromatic rings. The van der Waals surface area contributed by atoms with Crippen LogP contribution in [0, 0.1) is 0 Å². The van der Waals surface area contributed by atoms with Crippen LogP contribution in [-0.2, 0) is 0 Å². The fraction of sp³-hybridized carbons (Fsp3) is 0.333. The molecule has 0 bridgehead atoms. The van der Waals surface area contributed by atoms with Gasteiger partial charge in [-0.25, -0.2) is 9.97 Å². The highest BCUT2D eigenvalue weighted by Gasteiger charge is 2.13. The van der Waals surface area contributed by atoms with Gasteiger partial charge in [-0.2, -0.15) is 0 Å². The summed E-state index contributed by atoms with van der Waals surface area (Å²) in [5.41, 5.74) is 2.33. The van der Waals surface area contributed by atoms with Crippen LogP contribution in [0.15, 0.2) is 42.9 Å². The third-order valence-electron chi connectivity index (χ3n) is 3.59. The van der Waals surface area contributed by atoms with Crippen molar-refractivity contribution in [1.29, 1.82) is 0 Å². The number of benzene rings is 1. The molecule has 0 radical (unpaired) electrons. The molecule has 1 aromatic carbocycles. The van der Waals surface area contributed by atoms with Gasteiger partial charge in [-0.3, -0.25) is 0 Å². The molecule has 0 atom stereocenters. The highest BCUT2D eigenvalue weighted by molar-refractivity contribution is 5.60. The van der Waals surface area contributed by atoms with Crippen molar-refractivity contribution in [3.8, 4) is 0 Å². The van der Waals surface area contributed by atoms with E-state index in [1.54, 1.807) is 12.5 Å². The van der Waals surface area contributed by atoms with Gasteiger partial charge in [-0.15, -0.1) is 0 Å². The summed E-state index contributed by atoms with van der Waals surface area (Å²) < 4.78 is 0. The zero-order valence-corrected chi connectivity index (χ0v) is 11.7. The van der Waals surface area contributed by atoms with Crippen molar-refractivity contribution in [2.75, 3.05) is 43.4 Å². The Kier molecular flexibility index (Phi) is 3.78. The Bertz CT molecular complexity index is 532. The minimum Gasteiger partial charge on any atom is -0.369 e. The first-order valence-corrected chi connectivity index (χ1v) is 6.88. The quantitative estimate of drug-likeness (QED) is 0.923. The molecule has 5 nitrogen and oxygen atoms in total. The minimum atomic E-state index is 0.812. The molecule has 2 heterocycles. The van der Waals surface area contributed by atoms with Crippen LogP contribution in [0.4, 0.5) is 17.2 Å². The molecule has 5 heteroatoms. The Morgan fingerprint density at radius 1 is 1.00 bits per heavy atom. The Morgan fingerprint density at radius 2 is 1.75 bits per heavy atom. The molecule has 20 heavy (non-hydrogen) atoms. The van der Waals surface area contributed by atoms with Gasteiger partial charge in [0, 0.05) is 43.8 Å². The molecule has 1 saturated heterocycles. The molecule has 0 spiro atoms. The lowest BCUT2D eigenvalue weighted by atomic mass is 10.2. The predicted octanol–water partition coefficient (Wildman–Crippen LogP) is 1.97. The summed E-state index contributed by atoms with van der Waals surface area (Å²) in [7, 11) is 2.17. The van der Waals surface area contributed by atoms with Crippen molar-refractivity contribution in [3.05, 3.63) is 42.9 Å². The Hall–Kier alpha value is -2.14. The summed E-state index contributed by atoms with van der Waals surface area (Å²) in [6, 6.07) is 10.4.